The Morgan fingerprint density at radius 1 is 0.921 bits per heavy atom. The number of hydrogen-bond donors (Lipinski definition) is 1. The molecule has 0 unspecified atom stereocenters. The van der Waals surface area contributed by atoms with Crippen LogP contribution in [0.15, 0.2) is 47.3 Å². The highest BCUT2D eigenvalue weighted by Gasteiger charge is 2.34. The highest BCUT2D eigenvalue weighted by Crippen LogP contribution is 2.34. The maximum Gasteiger partial charge on any atom is 0.253 e. The number of piperazine rings is 1. The van der Waals surface area contributed by atoms with E-state index < -0.39 is 0 Å². The van der Waals surface area contributed by atoms with E-state index in [9.17, 15) is 4.79 Å². The van der Waals surface area contributed by atoms with E-state index >= 15 is 0 Å². The molecule has 6 rings (SSSR count). The normalized spacial score (nSPS) is 18.2. The van der Waals surface area contributed by atoms with Crippen LogP contribution >= 0.6 is 0 Å². The monoisotopic (exact) mass is 511 g/mol. The average Bonchev–Trinajstić information content (AvgIpc) is 3.41. The zero-order valence-electron chi connectivity index (χ0n) is 22.7. The topological polar surface area (TPSA) is 82.9 Å². The Labute approximate surface area is 223 Å². The van der Waals surface area contributed by atoms with Gasteiger partial charge in [-0.3, -0.25) is 9.69 Å². The molecular formula is C30H37N7O. The molecule has 4 aromatic rings. The SMILES string of the molecule is Cc1ccc(C)c(N2CCN([C@H](c3cc4cccc(C)c4[nH]c3=O)c3nnnn3C3CCCCC3)CC2)c1. The molecule has 38 heavy (non-hydrogen) atoms. The minimum atomic E-state index is -0.304. The van der Waals surface area contributed by atoms with Crippen LogP contribution in [-0.4, -0.2) is 56.3 Å². The van der Waals surface area contributed by atoms with E-state index in [0.717, 1.165) is 66.9 Å². The van der Waals surface area contributed by atoms with Gasteiger partial charge in [0.15, 0.2) is 5.82 Å². The molecule has 198 valence electrons. The van der Waals surface area contributed by atoms with Crippen molar-refractivity contribution in [1.29, 1.82) is 0 Å². The number of H-pyrrole nitrogens is 1. The second-order valence-corrected chi connectivity index (χ2v) is 11.1. The number of aryl methyl sites for hydroxylation is 3. The molecule has 2 aromatic heterocycles. The number of benzene rings is 2. The highest BCUT2D eigenvalue weighted by molar-refractivity contribution is 5.82. The molecule has 3 heterocycles. The van der Waals surface area contributed by atoms with E-state index in [1.165, 1.54) is 36.1 Å². The van der Waals surface area contributed by atoms with Gasteiger partial charge < -0.3 is 9.88 Å². The maximum absolute atomic E-state index is 13.6. The molecule has 1 saturated carbocycles. The van der Waals surface area contributed by atoms with Crippen LogP contribution < -0.4 is 10.5 Å². The number of hydrogen-bond acceptors (Lipinski definition) is 6. The molecule has 1 aliphatic carbocycles. The lowest BCUT2D eigenvalue weighted by molar-refractivity contribution is 0.192. The lowest BCUT2D eigenvalue weighted by atomic mass is 9.95. The smallest absolute Gasteiger partial charge is 0.253 e. The summed E-state index contributed by atoms with van der Waals surface area (Å²) < 4.78 is 2.03. The van der Waals surface area contributed by atoms with Crippen LogP contribution in [0.1, 0.15) is 72.3 Å². The molecule has 0 spiro atoms. The first-order valence-corrected chi connectivity index (χ1v) is 14.0. The predicted molar refractivity (Wildman–Crippen MR) is 151 cm³/mol. The van der Waals surface area contributed by atoms with Crippen LogP contribution in [0.3, 0.4) is 0 Å². The fourth-order valence-electron chi connectivity index (χ4n) is 6.35. The van der Waals surface area contributed by atoms with E-state index in [4.69, 9.17) is 0 Å². The molecule has 2 aliphatic rings. The summed E-state index contributed by atoms with van der Waals surface area (Å²) >= 11 is 0. The van der Waals surface area contributed by atoms with Crippen molar-refractivity contribution in [2.45, 2.75) is 65.0 Å². The van der Waals surface area contributed by atoms with Gasteiger partial charge in [0.05, 0.1) is 11.6 Å². The van der Waals surface area contributed by atoms with E-state index in [2.05, 4.69) is 74.5 Å². The Hall–Kier alpha value is -3.52. The summed E-state index contributed by atoms with van der Waals surface area (Å²) in [6, 6.07) is 14.8. The number of aromatic amines is 1. The van der Waals surface area contributed by atoms with Crippen LogP contribution in [0.2, 0.25) is 0 Å². The largest absolute Gasteiger partial charge is 0.369 e. The predicted octanol–water partition coefficient (Wildman–Crippen LogP) is 4.86. The molecule has 8 heteroatoms. The second kappa shape index (κ2) is 10.3. The van der Waals surface area contributed by atoms with Crippen molar-refractivity contribution in [3.63, 3.8) is 0 Å². The van der Waals surface area contributed by atoms with Gasteiger partial charge in [-0.2, -0.15) is 0 Å². The summed E-state index contributed by atoms with van der Waals surface area (Å²) in [5, 5.41) is 14.2. The third kappa shape index (κ3) is 4.62. The fraction of sp³-hybridized carbons (Fsp3) is 0.467. The molecule has 2 fully saturated rings. The minimum Gasteiger partial charge on any atom is -0.369 e. The van der Waals surface area contributed by atoms with Gasteiger partial charge in [-0.1, -0.05) is 49.6 Å². The van der Waals surface area contributed by atoms with Crippen molar-refractivity contribution < 1.29 is 0 Å². The molecule has 0 radical (unpaired) electrons. The summed E-state index contributed by atoms with van der Waals surface area (Å²) in [6.07, 6.45) is 5.82. The Morgan fingerprint density at radius 3 is 2.50 bits per heavy atom. The van der Waals surface area contributed by atoms with E-state index in [-0.39, 0.29) is 17.6 Å². The van der Waals surface area contributed by atoms with Crippen LogP contribution in [0.4, 0.5) is 5.69 Å². The fourth-order valence-corrected chi connectivity index (χ4v) is 6.35. The number of pyridine rings is 1. The standard InChI is InChI=1S/C30H37N7O/c1-20-12-13-21(2)26(18-20)35-14-16-36(17-15-35)28(29-32-33-34-37(29)24-10-5-4-6-11-24)25-19-23-9-7-8-22(3)27(23)31-30(25)38/h7-9,12-13,18-19,24,28H,4-6,10-11,14-17H2,1-3H3,(H,31,38)/t28-/m1/s1. The highest BCUT2D eigenvalue weighted by atomic mass is 16.1. The summed E-state index contributed by atoms with van der Waals surface area (Å²) in [7, 11) is 0. The third-order valence-electron chi connectivity index (χ3n) is 8.48. The first kappa shape index (κ1) is 24.8. The van der Waals surface area contributed by atoms with E-state index in [1.807, 2.05) is 23.7 Å². The average molecular weight is 512 g/mol. The van der Waals surface area contributed by atoms with Crippen molar-refractivity contribution in [2.75, 3.05) is 31.1 Å². The first-order valence-electron chi connectivity index (χ1n) is 14.0. The van der Waals surface area contributed by atoms with Crippen molar-refractivity contribution >= 4 is 16.6 Å². The summed E-state index contributed by atoms with van der Waals surface area (Å²) in [6.45, 7) is 9.77. The Bertz CT molecular complexity index is 1490. The zero-order chi connectivity index (χ0) is 26.2. The Balaban J connectivity index is 1.39. The van der Waals surface area contributed by atoms with Gasteiger partial charge in [0.2, 0.25) is 0 Å². The molecule has 0 amide bonds. The number of para-hydroxylation sites is 1. The van der Waals surface area contributed by atoms with Crippen LogP contribution in [0, 0.1) is 20.8 Å². The molecule has 2 aromatic carbocycles. The lowest BCUT2D eigenvalue weighted by Gasteiger charge is -2.40. The first-order chi connectivity index (χ1) is 18.5. The van der Waals surface area contributed by atoms with Gasteiger partial charge in [0, 0.05) is 37.4 Å². The van der Waals surface area contributed by atoms with Crippen LogP contribution in [0.5, 0.6) is 0 Å². The molecular weight excluding hydrogens is 474 g/mol. The summed E-state index contributed by atoms with van der Waals surface area (Å²) in [5.41, 5.74) is 6.48. The van der Waals surface area contributed by atoms with E-state index in [1.54, 1.807) is 0 Å². The van der Waals surface area contributed by atoms with Gasteiger partial charge in [-0.25, -0.2) is 4.68 Å². The van der Waals surface area contributed by atoms with Gasteiger partial charge in [0.25, 0.3) is 5.56 Å². The van der Waals surface area contributed by atoms with Crippen LogP contribution in [-0.2, 0) is 0 Å². The van der Waals surface area contributed by atoms with Crippen LogP contribution in [0.25, 0.3) is 10.9 Å². The second-order valence-electron chi connectivity index (χ2n) is 11.1. The lowest BCUT2D eigenvalue weighted by Crippen LogP contribution is -2.49. The molecule has 1 atom stereocenters. The van der Waals surface area contributed by atoms with Crippen molar-refractivity contribution in [1.82, 2.24) is 30.1 Å². The number of anilines is 1. The molecule has 1 aliphatic heterocycles. The van der Waals surface area contributed by atoms with Crippen molar-refractivity contribution in [2.24, 2.45) is 0 Å². The van der Waals surface area contributed by atoms with Gasteiger partial charge in [0.1, 0.15) is 6.04 Å². The minimum absolute atomic E-state index is 0.0630. The van der Waals surface area contributed by atoms with Crippen molar-refractivity contribution in [3.05, 3.63) is 80.9 Å². The maximum atomic E-state index is 13.6. The third-order valence-corrected chi connectivity index (χ3v) is 8.48. The summed E-state index contributed by atoms with van der Waals surface area (Å²) in [5.74, 6) is 0.787. The molecule has 0 bridgehead atoms. The number of aromatic nitrogens is 5. The number of tetrazole rings is 1. The summed E-state index contributed by atoms with van der Waals surface area (Å²) in [4.78, 5) is 21.7. The number of fused-ring (bicyclic) bond motifs is 1. The number of nitrogens with zero attached hydrogens (tertiary/aromatic N) is 6. The Kier molecular flexibility index (Phi) is 6.74. The van der Waals surface area contributed by atoms with Gasteiger partial charge in [-0.15, -0.1) is 5.10 Å². The molecule has 1 saturated heterocycles. The Morgan fingerprint density at radius 2 is 1.71 bits per heavy atom. The van der Waals surface area contributed by atoms with Gasteiger partial charge >= 0.3 is 0 Å². The van der Waals surface area contributed by atoms with E-state index in [0.29, 0.717) is 0 Å². The van der Waals surface area contributed by atoms with Gasteiger partial charge in [-0.05, 0) is 78.2 Å². The number of rotatable bonds is 5. The molecule has 1 N–H and O–H groups in total. The zero-order valence-corrected chi connectivity index (χ0v) is 22.7. The van der Waals surface area contributed by atoms with Crippen molar-refractivity contribution in [3.8, 4) is 0 Å². The quantitative estimate of drug-likeness (QED) is 0.412. The molecule has 8 nitrogen and oxygen atoms in total. The number of nitrogens with one attached hydrogen (secondary N) is 1.